The summed E-state index contributed by atoms with van der Waals surface area (Å²) in [5.41, 5.74) is 0.686. The third-order valence-electron chi connectivity index (χ3n) is 4.31. The van der Waals surface area contributed by atoms with Crippen molar-refractivity contribution in [3.8, 4) is 5.69 Å². The Morgan fingerprint density at radius 3 is 2.61 bits per heavy atom. The van der Waals surface area contributed by atoms with Gasteiger partial charge in [-0.15, -0.1) is 0 Å². The molecule has 2 aromatic heterocycles. The third kappa shape index (κ3) is 2.94. The molecule has 140 valence electrons. The molecule has 0 radical (unpaired) electrons. The van der Waals surface area contributed by atoms with Gasteiger partial charge >= 0.3 is 0 Å². The quantitative estimate of drug-likeness (QED) is 0.570. The van der Waals surface area contributed by atoms with Gasteiger partial charge in [0.2, 0.25) is 5.43 Å². The largest absolute Gasteiger partial charge is 0.345 e. The normalized spacial score (nSPS) is 11.0. The highest BCUT2D eigenvalue weighted by molar-refractivity contribution is 6.05. The van der Waals surface area contributed by atoms with Crippen molar-refractivity contribution in [2.24, 2.45) is 0 Å². The Balaban J connectivity index is 1.77. The molecule has 4 rings (SSSR count). The van der Waals surface area contributed by atoms with Crippen LogP contribution in [0, 0.1) is 18.6 Å². The highest BCUT2D eigenvalue weighted by atomic mass is 19.1. The van der Waals surface area contributed by atoms with Crippen molar-refractivity contribution in [2.45, 2.75) is 6.92 Å². The Morgan fingerprint density at radius 2 is 1.89 bits per heavy atom. The minimum atomic E-state index is -0.932. The van der Waals surface area contributed by atoms with E-state index < -0.39 is 23.0 Å². The first-order chi connectivity index (χ1) is 13.5. The molecule has 8 heteroatoms. The highest BCUT2D eigenvalue weighted by Gasteiger charge is 2.19. The number of hydrogen-bond acceptors (Lipinski definition) is 3. The number of anilines is 1. The van der Waals surface area contributed by atoms with Crippen molar-refractivity contribution in [3.63, 3.8) is 0 Å². The topological polar surface area (TPSA) is 79.8 Å². The van der Waals surface area contributed by atoms with Gasteiger partial charge in [0.15, 0.2) is 0 Å². The smallest absolute Gasteiger partial charge is 0.261 e. The van der Waals surface area contributed by atoms with E-state index in [-0.39, 0.29) is 16.6 Å². The van der Waals surface area contributed by atoms with Crippen LogP contribution >= 0.6 is 0 Å². The fourth-order valence-corrected chi connectivity index (χ4v) is 2.98. The summed E-state index contributed by atoms with van der Waals surface area (Å²) in [4.78, 5) is 28.3. The summed E-state index contributed by atoms with van der Waals surface area (Å²) in [5.74, 6) is -2.50. The molecule has 0 saturated carbocycles. The number of halogens is 2. The second kappa shape index (κ2) is 6.73. The summed E-state index contributed by atoms with van der Waals surface area (Å²) in [6.07, 6.45) is 1.25. The number of benzene rings is 2. The molecule has 0 aliphatic carbocycles. The van der Waals surface area contributed by atoms with Gasteiger partial charge in [-0.2, -0.15) is 5.10 Å². The van der Waals surface area contributed by atoms with Crippen LogP contribution in [0.2, 0.25) is 0 Å². The molecule has 0 aliphatic heterocycles. The fourth-order valence-electron chi connectivity index (χ4n) is 2.98. The van der Waals surface area contributed by atoms with Gasteiger partial charge in [-0.1, -0.05) is 18.2 Å². The molecule has 0 saturated heterocycles. The summed E-state index contributed by atoms with van der Waals surface area (Å²) in [6.45, 7) is 1.67. The van der Waals surface area contributed by atoms with E-state index in [4.69, 9.17) is 0 Å². The highest BCUT2D eigenvalue weighted by Crippen LogP contribution is 2.19. The first-order valence-electron chi connectivity index (χ1n) is 8.38. The van der Waals surface area contributed by atoms with Crippen molar-refractivity contribution < 1.29 is 13.6 Å². The molecule has 2 heterocycles. The van der Waals surface area contributed by atoms with E-state index in [2.05, 4.69) is 15.4 Å². The van der Waals surface area contributed by atoms with Crippen LogP contribution in [0.4, 0.5) is 14.5 Å². The molecule has 0 atom stereocenters. The minimum Gasteiger partial charge on any atom is -0.345 e. The molecule has 6 nitrogen and oxygen atoms in total. The Morgan fingerprint density at radius 1 is 1.14 bits per heavy atom. The molecule has 0 spiro atoms. The maximum atomic E-state index is 13.8. The van der Waals surface area contributed by atoms with Crippen LogP contribution < -0.4 is 10.7 Å². The number of aromatic amines is 1. The van der Waals surface area contributed by atoms with Gasteiger partial charge in [0.05, 0.1) is 22.5 Å². The predicted octanol–water partition coefficient (Wildman–Crippen LogP) is 3.55. The summed E-state index contributed by atoms with van der Waals surface area (Å²) >= 11 is 0. The molecule has 0 bridgehead atoms. The van der Waals surface area contributed by atoms with Gasteiger partial charge in [-0.3, -0.25) is 9.59 Å². The van der Waals surface area contributed by atoms with Crippen LogP contribution in [0.1, 0.15) is 16.1 Å². The zero-order chi connectivity index (χ0) is 19.8. The number of pyridine rings is 1. The molecule has 0 aliphatic rings. The molecule has 0 unspecified atom stereocenters. The maximum Gasteiger partial charge on any atom is 0.261 e. The Hall–Kier alpha value is -3.81. The Kier molecular flexibility index (Phi) is 4.23. The summed E-state index contributed by atoms with van der Waals surface area (Å²) in [7, 11) is 0. The van der Waals surface area contributed by atoms with Crippen molar-refractivity contribution >= 4 is 22.6 Å². The van der Waals surface area contributed by atoms with Crippen LogP contribution in [-0.4, -0.2) is 20.7 Å². The van der Waals surface area contributed by atoms with Gasteiger partial charge in [-0.05, 0) is 31.2 Å². The average Bonchev–Trinajstić information content (AvgIpc) is 3.02. The van der Waals surface area contributed by atoms with Crippen LogP contribution in [0.5, 0.6) is 0 Å². The number of nitrogens with zero attached hydrogens (tertiary/aromatic N) is 2. The van der Waals surface area contributed by atoms with E-state index in [1.807, 2.05) is 30.3 Å². The SMILES string of the molecule is Cc1nn(-c2ccccc2)c2[nH]cc(C(=O)Nc3ccc(F)cc3F)c(=O)c12. The molecule has 28 heavy (non-hydrogen) atoms. The standard InChI is InChI=1S/C20H14F2N4O2/c1-11-17-18(27)14(20(28)24-16-8-7-12(21)9-15(16)22)10-23-19(17)26(25-11)13-5-3-2-4-6-13/h2-10H,1H3,(H,23,27)(H,24,28). The number of nitrogens with one attached hydrogen (secondary N) is 2. The zero-order valence-electron chi connectivity index (χ0n) is 14.7. The van der Waals surface area contributed by atoms with E-state index in [1.165, 1.54) is 6.20 Å². The molecule has 4 aromatic rings. The van der Waals surface area contributed by atoms with Crippen LogP contribution in [-0.2, 0) is 0 Å². The Labute approximate surface area is 157 Å². The van der Waals surface area contributed by atoms with Gasteiger partial charge in [0.1, 0.15) is 22.8 Å². The molecule has 1 amide bonds. The van der Waals surface area contributed by atoms with Gasteiger partial charge < -0.3 is 10.3 Å². The van der Waals surface area contributed by atoms with E-state index in [9.17, 15) is 18.4 Å². The third-order valence-corrected chi connectivity index (χ3v) is 4.31. The first kappa shape index (κ1) is 17.6. The van der Waals surface area contributed by atoms with Crippen molar-refractivity contribution in [1.82, 2.24) is 14.8 Å². The number of carbonyl (C=O) groups excluding carboxylic acids is 1. The second-order valence-electron chi connectivity index (χ2n) is 6.17. The molecule has 0 fully saturated rings. The lowest BCUT2D eigenvalue weighted by Crippen LogP contribution is -2.22. The molecular formula is C20H14F2N4O2. The van der Waals surface area contributed by atoms with Crippen molar-refractivity contribution in [3.05, 3.63) is 87.8 Å². The molecular weight excluding hydrogens is 366 g/mol. The number of aromatic nitrogens is 3. The lowest BCUT2D eigenvalue weighted by Gasteiger charge is -2.07. The summed E-state index contributed by atoms with van der Waals surface area (Å²) in [5, 5.41) is 6.93. The average molecular weight is 380 g/mol. The van der Waals surface area contributed by atoms with Gasteiger partial charge in [0.25, 0.3) is 5.91 Å². The number of amides is 1. The molecule has 2 aromatic carbocycles. The number of rotatable bonds is 3. The number of para-hydroxylation sites is 1. The monoisotopic (exact) mass is 380 g/mol. The summed E-state index contributed by atoms with van der Waals surface area (Å²) in [6, 6.07) is 12.0. The van der Waals surface area contributed by atoms with E-state index >= 15 is 0 Å². The molecule has 2 N–H and O–H groups in total. The van der Waals surface area contributed by atoms with Crippen LogP contribution in [0.15, 0.2) is 59.5 Å². The van der Waals surface area contributed by atoms with Gasteiger partial charge in [-0.25, -0.2) is 13.5 Å². The fraction of sp³-hybridized carbons (Fsp3) is 0.0500. The van der Waals surface area contributed by atoms with E-state index in [1.54, 1.807) is 11.6 Å². The minimum absolute atomic E-state index is 0.202. The lowest BCUT2D eigenvalue weighted by atomic mass is 10.1. The Bertz CT molecular complexity index is 1260. The summed E-state index contributed by atoms with van der Waals surface area (Å²) < 4.78 is 28.4. The zero-order valence-corrected chi connectivity index (χ0v) is 14.7. The number of fused-ring (bicyclic) bond motifs is 1. The maximum absolute atomic E-state index is 13.8. The van der Waals surface area contributed by atoms with Gasteiger partial charge in [0, 0.05) is 12.3 Å². The van der Waals surface area contributed by atoms with Crippen molar-refractivity contribution in [2.75, 3.05) is 5.32 Å². The number of aryl methyl sites for hydroxylation is 1. The lowest BCUT2D eigenvalue weighted by molar-refractivity contribution is 0.102. The van der Waals surface area contributed by atoms with E-state index in [0.717, 1.165) is 17.8 Å². The first-order valence-corrected chi connectivity index (χ1v) is 8.38. The van der Waals surface area contributed by atoms with Crippen molar-refractivity contribution in [1.29, 1.82) is 0 Å². The second-order valence-corrected chi connectivity index (χ2v) is 6.17. The predicted molar refractivity (Wildman–Crippen MR) is 101 cm³/mol. The van der Waals surface area contributed by atoms with Crippen LogP contribution in [0.3, 0.4) is 0 Å². The van der Waals surface area contributed by atoms with E-state index in [0.29, 0.717) is 17.4 Å². The number of hydrogen-bond donors (Lipinski definition) is 2. The van der Waals surface area contributed by atoms with Crippen LogP contribution in [0.25, 0.3) is 16.7 Å². The number of H-pyrrole nitrogens is 1. The number of carbonyl (C=O) groups is 1.